The van der Waals surface area contributed by atoms with E-state index < -0.39 is 0 Å². The summed E-state index contributed by atoms with van der Waals surface area (Å²) in [6.07, 6.45) is 0. The van der Waals surface area contributed by atoms with Crippen molar-refractivity contribution in [3.05, 3.63) is 242 Å². The summed E-state index contributed by atoms with van der Waals surface area (Å²) in [6, 6.07) is 86.4. The molecule has 64 heavy (non-hydrogen) atoms. The van der Waals surface area contributed by atoms with Crippen LogP contribution in [0.1, 0.15) is 26.3 Å². The van der Waals surface area contributed by atoms with Crippen LogP contribution >= 0.6 is 0 Å². The largest absolute Gasteiger partial charge is 0.311 e. The summed E-state index contributed by atoms with van der Waals surface area (Å²) in [5.74, 6) is 0. The molecule has 0 radical (unpaired) electrons. The summed E-state index contributed by atoms with van der Waals surface area (Å²) in [5.41, 5.74) is 18.0. The molecule has 0 fully saturated rings. The lowest BCUT2D eigenvalue weighted by molar-refractivity contribution is 0.590. The van der Waals surface area contributed by atoms with Crippen molar-refractivity contribution in [1.82, 2.24) is 4.57 Å². The molecule has 10 aromatic carbocycles. The molecule has 0 unspecified atom stereocenters. The molecule has 0 saturated carbocycles. The highest BCUT2D eigenvalue weighted by Gasteiger charge is 2.17. The Kier molecular flexibility index (Phi) is 9.78. The van der Waals surface area contributed by atoms with E-state index in [0.29, 0.717) is 0 Å². The molecule has 1 aromatic heterocycles. The molecular formula is C62H48N2. The Morgan fingerprint density at radius 2 is 0.656 bits per heavy atom. The third-order valence-corrected chi connectivity index (χ3v) is 12.8. The second-order valence-corrected chi connectivity index (χ2v) is 17.9. The van der Waals surface area contributed by atoms with E-state index >= 15 is 0 Å². The lowest BCUT2D eigenvalue weighted by Crippen LogP contribution is -2.10. The Morgan fingerprint density at radius 1 is 0.312 bits per heavy atom. The number of rotatable bonds is 8. The zero-order valence-corrected chi connectivity index (χ0v) is 36.4. The first kappa shape index (κ1) is 38.9. The number of nitrogens with zero attached hydrogens (tertiary/aromatic N) is 2. The SMILES string of the molecule is CC(C)(C)c1ccc(-c2ccc(-c3ccc(N(c4ccc(-c5ccc6cc(-c7ccccc7)ccc6c5)cc4)c4ccc(-n5c6ccccc6c6ccccc65)cc4)cc3)cc2)cc1. The first-order chi connectivity index (χ1) is 31.3. The molecule has 306 valence electrons. The third-order valence-electron chi connectivity index (χ3n) is 12.8. The Bertz CT molecular complexity index is 3350. The molecule has 2 heteroatoms. The van der Waals surface area contributed by atoms with Gasteiger partial charge in [-0.15, -0.1) is 0 Å². The second kappa shape index (κ2) is 16.1. The first-order valence-corrected chi connectivity index (χ1v) is 22.2. The molecule has 0 aliphatic rings. The van der Waals surface area contributed by atoms with Gasteiger partial charge in [-0.2, -0.15) is 0 Å². The molecule has 0 N–H and O–H groups in total. The predicted molar refractivity (Wildman–Crippen MR) is 273 cm³/mol. The fourth-order valence-electron chi connectivity index (χ4n) is 9.26. The van der Waals surface area contributed by atoms with Crippen molar-refractivity contribution >= 4 is 49.6 Å². The summed E-state index contributed by atoms with van der Waals surface area (Å²) in [5, 5.41) is 4.99. The number of aromatic nitrogens is 1. The number of anilines is 3. The number of para-hydroxylation sites is 2. The number of hydrogen-bond acceptors (Lipinski definition) is 1. The van der Waals surface area contributed by atoms with Gasteiger partial charge in [0.15, 0.2) is 0 Å². The van der Waals surface area contributed by atoms with Crippen LogP contribution in [0, 0.1) is 0 Å². The quantitative estimate of drug-likeness (QED) is 0.148. The first-order valence-electron chi connectivity index (χ1n) is 22.2. The Labute approximate surface area is 376 Å². The van der Waals surface area contributed by atoms with Crippen LogP contribution in [0.2, 0.25) is 0 Å². The van der Waals surface area contributed by atoms with Crippen molar-refractivity contribution in [1.29, 1.82) is 0 Å². The van der Waals surface area contributed by atoms with Crippen LogP contribution < -0.4 is 4.90 Å². The normalized spacial score (nSPS) is 11.7. The van der Waals surface area contributed by atoms with Crippen molar-refractivity contribution in [2.24, 2.45) is 0 Å². The molecular weight excluding hydrogens is 773 g/mol. The maximum Gasteiger partial charge on any atom is 0.0541 e. The van der Waals surface area contributed by atoms with Crippen LogP contribution in [-0.2, 0) is 5.41 Å². The van der Waals surface area contributed by atoms with E-state index in [1.165, 1.54) is 82.6 Å². The predicted octanol–water partition coefficient (Wildman–Crippen LogP) is 17.4. The molecule has 0 amide bonds. The van der Waals surface area contributed by atoms with Gasteiger partial charge in [0.1, 0.15) is 0 Å². The van der Waals surface area contributed by atoms with Crippen molar-refractivity contribution in [3.63, 3.8) is 0 Å². The minimum absolute atomic E-state index is 0.136. The molecule has 0 saturated heterocycles. The molecule has 0 spiro atoms. The average Bonchev–Trinajstić information content (AvgIpc) is 3.69. The second-order valence-electron chi connectivity index (χ2n) is 17.9. The van der Waals surface area contributed by atoms with E-state index in [0.717, 1.165) is 22.7 Å². The van der Waals surface area contributed by atoms with Gasteiger partial charge in [-0.05, 0) is 139 Å². The maximum atomic E-state index is 2.38. The summed E-state index contributed by atoms with van der Waals surface area (Å²) in [4.78, 5) is 2.36. The number of hydrogen-bond donors (Lipinski definition) is 0. The molecule has 1 heterocycles. The zero-order valence-electron chi connectivity index (χ0n) is 36.4. The van der Waals surface area contributed by atoms with Crippen molar-refractivity contribution in [2.75, 3.05) is 4.90 Å². The molecule has 0 aliphatic carbocycles. The number of fused-ring (bicyclic) bond motifs is 4. The fraction of sp³-hybridized carbons (Fsp3) is 0.0645. The van der Waals surface area contributed by atoms with Gasteiger partial charge in [0.2, 0.25) is 0 Å². The highest BCUT2D eigenvalue weighted by molar-refractivity contribution is 6.09. The van der Waals surface area contributed by atoms with E-state index in [1.807, 2.05) is 0 Å². The molecule has 2 nitrogen and oxygen atoms in total. The minimum atomic E-state index is 0.136. The van der Waals surface area contributed by atoms with E-state index in [1.54, 1.807) is 0 Å². The smallest absolute Gasteiger partial charge is 0.0541 e. The van der Waals surface area contributed by atoms with E-state index in [4.69, 9.17) is 0 Å². The van der Waals surface area contributed by atoms with Gasteiger partial charge in [0, 0.05) is 33.5 Å². The Hall–Kier alpha value is -7.94. The van der Waals surface area contributed by atoms with Crippen molar-refractivity contribution in [3.8, 4) is 50.2 Å². The fourth-order valence-corrected chi connectivity index (χ4v) is 9.26. The zero-order chi connectivity index (χ0) is 43.2. The minimum Gasteiger partial charge on any atom is -0.311 e. The average molecular weight is 821 g/mol. The van der Waals surface area contributed by atoms with Crippen molar-refractivity contribution in [2.45, 2.75) is 26.2 Å². The van der Waals surface area contributed by atoms with E-state index in [2.05, 4.69) is 267 Å². The van der Waals surface area contributed by atoms with Crippen LogP contribution in [0.15, 0.2) is 237 Å². The van der Waals surface area contributed by atoms with Crippen LogP contribution in [0.25, 0.3) is 82.8 Å². The Morgan fingerprint density at radius 3 is 1.11 bits per heavy atom. The van der Waals surface area contributed by atoms with E-state index in [9.17, 15) is 0 Å². The highest BCUT2D eigenvalue weighted by Crippen LogP contribution is 2.39. The molecule has 0 atom stereocenters. The standard InChI is InChI=1S/C62H48N2/c1-62(2,3)53-31-25-46(26-32-53)44-17-19-45(20-18-44)47-27-33-54(34-28-47)63(56-37-39-57(40-38-56)64-60-15-9-7-13-58(60)59-14-8-10-16-61(59)64)55-35-29-48(30-36-55)50-22-24-51-41-49(21-23-52(51)42-50)43-11-5-4-6-12-43/h4-42H,1-3H3. The van der Waals surface area contributed by atoms with Gasteiger partial charge in [-0.3, -0.25) is 0 Å². The summed E-state index contributed by atoms with van der Waals surface area (Å²) >= 11 is 0. The third kappa shape index (κ3) is 7.33. The van der Waals surface area contributed by atoms with Crippen LogP contribution in [-0.4, -0.2) is 4.57 Å². The van der Waals surface area contributed by atoms with Gasteiger partial charge in [0.05, 0.1) is 11.0 Å². The van der Waals surface area contributed by atoms with Gasteiger partial charge < -0.3 is 9.47 Å². The summed E-state index contributed by atoms with van der Waals surface area (Å²) < 4.78 is 2.38. The topological polar surface area (TPSA) is 8.17 Å². The lowest BCUT2D eigenvalue weighted by Gasteiger charge is -2.26. The van der Waals surface area contributed by atoms with Crippen molar-refractivity contribution < 1.29 is 0 Å². The number of benzene rings is 10. The maximum absolute atomic E-state index is 2.38. The highest BCUT2D eigenvalue weighted by atomic mass is 15.1. The summed E-state index contributed by atoms with van der Waals surface area (Å²) in [6.45, 7) is 6.78. The van der Waals surface area contributed by atoms with Gasteiger partial charge in [-0.25, -0.2) is 0 Å². The Balaban J connectivity index is 0.927. The molecule has 11 aromatic rings. The molecule has 11 rings (SSSR count). The van der Waals surface area contributed by atoms with Crippen LogP contribution in [0.3, 0.4) is 0 Å². The monoisotopic (exact) mass is 820 g/mol. The van der Waals surface area contributed by atoms with Crippen LogP contribution in [0.4, 0.5) is 17.1 Å². The van der Waals surface area contributed by atoms with Gasteiger partial charge >= 0.3 is 0 Å². The lowest BCUT2D eigenvalue weighted by atomic mass is 9.86. The van der Waals surface area contributed by atoms with Gasteiger partial charge in [0.25, 0.3) is 0 Å². The van der Waals surface area contributed by atoms with E-state index in [-0.39, 0.29) is 5.41 Å². The molecule has 0 aliphatic heterocycles. The summed E-state index contributed by atoms with van der Waals surface area (Å²) in [7, 11) is 0. The van der Waals surface area contributed by atoms with Crippen LogP contribution in [0.5, 0.6) is 0 Å². The molecule has 0 bridgehead atoms. The van der Waals surface area contributed by atoms with Gasteiger partial charge in [-0.1, -0.05) is 185 Å².